The number of aliphatic hydroxyl groups excluding tert-OH is 1. The Morgan fingerprint density at radius 1 is 1.25 bits per heavy atom. The number of ether oxygens (including phenoxy) is 3. The van der Waals surface area contributed by atoms with Crippen LogP contribution >= 0.6 is 0 Å². The fraction of sp³-hybridized carbons (Fsp3) is 0.667. The third kappa shape index (κ3) is 3.05. The van der Waals surface area contributed by atoms with Crippen molar-refractivity contribution >= 4 is 0 Å². The lowest BCUT2D eigenvalue weighted by molar-refractivity contribution is -0.179. The Morgan fingerprint density at radius 2 is 2.00 bits per heavy atom. The van der Waals surface area contributed by atoms with E-state index in [-0.39, 0.29) is 24.5 Å². The van der Waals surface area contributed by atoms with Gasteiger partial charge in [0.1, 0.15) is 11.9 Å². The normalized spacial score (nSPS) is 36.2. The van der Waals surface area contributed by atoms with Gasteiger partial charge in [0.2, 0.25) is 0 Å². The van der Waals surface area contributed by atoms with Gasteiger partial charge in [-0.15, -0.1) is 0 Å². The van der Waals surface area contributed by atoms with Gasteiger partial charge in [0.25, 0.3) is 0 Å². The van der Waals surface area contributed by atoms with E-state index in [9.17, 15) is 5.11 Å². The molecule has 3 aliphatic heterocycles. The van der Waals surface area contributed by atoms with E-state index in [2.05, 4.69) is 10.2 Å². The standard InChI is InChI=1S/C18H26N2O4/c1-22-13-6-4-12(5-7-13)10-19-15-14-11-23-18(24-14)16(17(15)21)20-8-2-3-9-20/h4-7,14-19,21H,2-3,8-11H2,1H3/t14-,15-,16-,17+,18-/m1/s1. The highest BCUT2D eigenvalue weighted by molar-refractivity contribution is 5.27. The first-order valence-electron chi connectivity index (χ1n) is 8.82. The molecule has 2 N–H and O–H groups in total. The van der Waals surface area contributed by atoms with Crippen LogP contribution in [0.2, 0.25) is 0 Å². The van der Waals surface area contributed by atoms with Crippen molar-refractivity contribution in [2.75, 3.05) is 26.8 Å². The number of benzene rings is 1. The Balaban J connectivity index is 1.43. The maximum Gasteiger partial charge on any atom is 0.176 e. The molecule has 0 aliphatic carbocycles. The van der Waals surface area contributed by atoms with Crippen LogP contribution in [-0.2, 0) is 16.0 Å². The lowest BCUT2D eigenvalue weighted by Gasteiger charge is -2.42. The van der Waals surface area contributed by atoms with Crippen molar-refractivity contribution < 1.29 is 19.3 Å². The number of likely N-dealkylation sites (tertiary alicyclic amines) is 1. The molecule has 0 radical (unpaired) electrons. The molecule has 3 heterocycles. The van der Waals surface area contributed by atoms with Crippen molar-refractivity contribution in [3.8, 4) is 5.75 Å². The second-order valence-electron chi connectivity index (χ2n) is 6.86. The SMILES string of the molecule is COc1ccc(CN[C@H]2[C@H](O)[C@@H](N3CCCC3)[C@@H]3OC[C@H]2O3)cc1. The van der Waals surface area contributed by atoms with Gasteiger partial charge in [0.05, 0.1) is 31.9 Å². The Kier molecular flexibility index (Phi) is 4.74. The summed E-state index contributed by atoms with van der Waals surface area (Å²) >= 11 is 0. The Morgan fingerprint density at radius 3 is 2.71 bits per heavy atom. The zero-order chi connectivity index (χ0) is 16.5. The number of hydrogen-bond donors (Lipinski definition) is 2. The number of rotatable bonds is 5. The molecule has 0 saturated carbocycles. The average molecular weight is 334 g/mol. The van der Waals surface area contributed by atoms with Crippen LogP contribution in [0.4, 0.5) is 0 Å². The van der Waals surface area contributed by atoms with Gasteiger partial charge in [-0.2, -0.15) is 0 Å². The molecule has 1 aromatic rings. The molecule has 3 saturated heterocycles. The van der Waals surface area contributed by atoms with Crippen LogP contribution in [0.25, 0.3) is 0 Å². The fourth-order valence-corrected chi connectivity index (χ4v) is 4.06. The summed E-state index contributed by atoms with van der Waals surface area (Å²) in [6.45, 7) is 3.26. The van der Waals surface area contributed by atoms with Crippen LogP contribution in [-0.4, -0.2) is 67.4 Å². The molecule has 24 heavy (non-hydrogen) atoms. The largest absolute Gasteiger partial charge is 0.497 e. The first kappa shape index (κ1) is 16.3. The molecular weight excluding hydrogens is 308 g/mol. The number of nitrogens with zero attached hydrogens (tertiary/aromatic N) is 1. The Labute approximate surface area is 142 Å². The fourth-order valence-electron chi connectivity index (χ4n) is 4.06. The first-order chi connectivity index (χ1) is 11.8. The molecule has 2 bridgehead atoms. The van der Waals surface area contributed by atoms with Crippen molar-refractivity contribution in [2.45, 2.75) is 50.0 Å². The third-order valence-electron chi connectivity index (χ3n) is 5.39. The molecule has 5 atom stereocenters. The Bertz CT molecular complexity index is 544. The van der Waals surface area contributed by atoms with Gasteiger partial charge in [0, 0.05) is 6.54 Å². The molecule has 3 fully saturated rings. The van der Waals surface area contributed by atoms with Gasteiger partial charge >= 0.3 is 0 Å². The molecular formula is C18H26N2O4. The second kappa shape index (κ2) is 6.98. The molecule has 0 spiro atoms. The van der Waals surface area contributed by atoms with Crippen LogP contribution in [0.5, 0.6) is 5.75 Å². The Hall–Kier alpha value is -1.18. The molecule has 1 aromatic carbocycles. The summed E-state index contributed by atoms with van der Waals surface area (Å²) in [4.78, 5) is 2.32. The molecule has 132 valence electrons. The zero-order valence-electron chi connectivity index (χ0n) is 14.1. The predicted molar refractivity (Wildman–Crippen MR) is 88.8 cm³/mol. The minimum atomic E-state index is -0.479. The monoisotopic (exact) mass is 334 g/mol. The topological polar surface area (TPSA) is 63.2 Å². The summed E-state index contributed by atoms with van der Waals surface area (Å²) in [5, 5.41) is 14.4. The van der Waals surface area contributed by atoms with Gasteiger partial charge in [-0.3, -0.25) is 4.90 Å². The highest BCUT2D eigenvalue weighted by Crippen LogP contribution is 2.33. The van der Waals surface area contributed by atoms with Crippen LogP contribution in [0.15, 0.2) is 24.3 Å². The van der Waals surface area contributed by atoms with Crippen LogP contribution < -0.4 is 10.1 Å². The molecule has 6 heteroatoms. The summed E-state index contributed by atoms with van der Waals surface area (Å²) in [6.07, 6.45) is 1.52. The highest BCUT2D eigenvalue weighted by atomic mass is 16.7. The van der Waals surface area contributed by atoms with Crippen molar-refractivity contribution in [2.24, 2.45) is 0 Å². The summed E-state index contributed by atoms with van der Waals surface area (Å²) < 4.78 is 17.0. The van der Waals surface area contributed by atoms with Gasteiger partial charge in [-0.05, 0) is 43.6 Å². The third-order valence-corrected chi connectivity index (χ3v) is 5.39. The maximum absolute atomic E-state index is 10.9. The predicted octanol–water partition coefficient (Wildman–Crippen LogP) is 0.734. The summed E-state index contributed by atoms with van der Waals surface area (Å²) in [7, 11) is 1.66. The first-order valence-corrected chi connectivity index (χ1v) is 8.82. The van der Waals surface area contributed by atoms with E-state index in [1.54, 1.807) is 7.11 Å². The van der Waals surface area contributed by atoms with Gasteiger partial charge in [0.15, 0.2) is 6.29 Å². The van der Waals surface area contributed by atoms with Crippen molar-refractivity contribution in [1.29, 1.82) is 0 Å². The molecule has 3 aliphatic rings. The minimum Gasteiger partial charge on any atom is -0.497 e. The average Bonchev–Trinajstić information content (AvgIpc) is 3.27. The van der Waals surface area contributed by atoms with E-state index >= 15 is 0 Å². The lowest BCUT2D eigenvalue weighted by Crippen LogP contribution is -2.63. The van der Waals surface area contributed by atoms with Crippen molar-refractivity contribution in [3.63, 3.8) is 0 Å². The quantitative estimate of drug-likeness (QED) is 0.828. The number of fused-ring (bicyclic) bond motifs is 2. The smallest absolute Gasteiger partial charge is 0.176 e. The van der Waals surface area contributed by atoms with E-state index in [0.29, 0.717) is 13.2 Å². The van der Waals surface area contributed by atoms with E-state index < -0.39 is 6.10 Å². The zero-order valence-corrected chi connectivity index (χ0v) is 14.1. The number of hydrogen-bond acceptors (Lipinski definition) is 6. The van der Waals surface area contributed by atoms with Gasteiger partial charge in [-0.1, -0.05) is 12.1 Å². The highest BCUT2D eigenvalue weighted by Gasteiger charge is 2.52. The number of nitrogens with one attached hydrogen (secondary N) is 1. The lowest BCUT2D eigenvalue weighted by atomic mass is 9.94. The van der Waals surface area contributed by atoms with Gasteiger partial charge < -0.3 is 24.6 Å². The van der Waals surface area contributed by atoms with Crippen molar-refractivity contribution in [1.82, 2.24) is 10.2 Å². The van der Waals surface area contributed by atoms with Gasteiger partial charge in [-0.25, -0.2) is 0 Å². The van der Waals surface area contributed by atoms with E-state index in [1.807, 2.05) is 24.3 Å². The second-order valence-corrected chi connectivity index (χ2v) is 6.86. The van der Waals surface area contributed by atoms with Crippen LogP contribution in [0.1, 0.15) is 18.4 Å². The number of aliphatic hydroxyl groups is 1. The van der Waals surface area contributed by atoms with E-state index in [1.165, 1.54) is 12.8 Å². The molecule has 6 nitrogen and oxygen atoms in total. The van der Waals surface area contributed by atoms with E-state index in [0.717, 1.165) is 24.4 Å². The molecule has 0 aromatic heterocycles. The molecule has 0 amide bonds. The molecule has 4 rings (SSSR count). The summed E-state index contributed by atoms with van der Waals surface area (Å²) in [5.74, 6) is 0.848. The van der Waals surface area contributed by atoms with Crippen LogP contribution in [0, 0.1) is 0 Å². The summed E-state index contributed by atoms with van der Waals surface area (Å²) in [5.41, 5.74) is 1.15. The minimum absolute atomic E-state index is 0.0698. The maximum atomic E-state index is 10.9. The van der Waals surface area contributed by atoms with Crippen molar-refractivity contribution in [3.05, 3.63) is 29.8 Å². The molecule has 0 unspecified atom stereocenters. The van der Waals surface area contributed by atoms with E-state index in [4.69, 9.17) is 14.2 Å². The van der Waals surface area contributed by atoms with Crippen LogP contribution in [0.3, 0.4) is 0 Å². The summed E-state index contributed by atoms with van der Waals surface area (Å²) in [6, 6.07) is 7.79. The number of methoxy groups -OCH3 is 1.